The number of benzene rings is 1. The molecule has 2 amide bonds. The number of primary amides is 2. The number of carbonyl (C=O) groups is 2. The van der Waals surface area contributed by atoms with Gasteiger partial charge in [0.2, 0.25) is 5.91 Å². The number of aromatic nitrogens is 4. The third-order valence-corrected chi connectivity index (χ3v) is 5.37. The minimum atomic E-state index is -4.93. The summed E-state index contributed by atoms with van der Waals surface area (Å²) >= 11 is 0. The molecule has 0 spiro atoms. The molecule has 3 aromatic heterocycles. The maximum absolute atomic E-state index is 14.1. The van der Waals surface area contributed by atoms with Crippen molar-refractivity contribution >= 4 is 22.7 Å². The van der Waals surface area contributed by atoms with Gasteiger partial charge in [0.15, 0.2) is 11.5 Å². The number of para-hydroxylation sites is 1. The predicted octanol–water partition coefficient (Wildman–Crippen LogP) is 3.22. The van der Waals surface area contributed by atoms with Crippen LogP contribution in [0.3, 0.4) is 0 Å². The first-order valence-corrected chi connectivity index (χ1v) is 10.1. The molecule has 0 bridgehead atoms. The van der Waals surface area contributed by atoms with E-state index in [-0.39, 0.29) is 34.5 Å². The first kappa shape index (κ1) is 23.0. The lowest BCUT2D eigenvalue weighted by molar-refractivity contribution is -0.141. The second-order valence-electron chi connectivity index (χ2n) is 7.56. The number of aryl methyl sites for hydroxylation is 1. The van der Waals surface area contributed by atoms with E-state index in [2.05, 4.69) is 15.2 Å². The maximum Gasteiger partial charge on any atom is 0.435 e. The Bertz CT molecular complexity index is 1440. The number of rotatable bonds is 6. The second-order valence-corrected chi connectivity index (χ2v) is 7.56. The van der Waals surface area contributed by atoms with Gasteiger partial charge in [0, 0.05) is 28.3 Å². The molecular weight excluding hydrogens is 453 g/mol. The molecule has 0 saturated carbocycles. The largest absolute Gasteiger partial charge is 0.435 e. The summed E-state index contributed by atoms with van der Waals surface area (Å²) < 4.78 is 48.7. The van der Waals surface area contributed by atoms with E-state index in [9.17, 15) is 22.8 Å². The van der Waals surface area contributed by atoms with Crippen LogP contribution in [-0.4, -0.2) is 31.7 Å². The Balaban J connectivity index is 2.07. The number of pyridine rings is 1. The average Bonchev–Trinajstić information content (AvgIpc) is 3.36. The van der Waals surface area contributed by atoms with E-state index < -0.39 is 40.5 Å². The Morgan fingerprint density at radius 2 is 1.82 bits per heavy atom. The normalized spacial score (nSPS) is 11.8. The number of fused-ring (bicyclic) bond motifs is 1. The van der Waals surface area contributed by atoms with Crippen LogP contribution in [0.15, 0.2) is 34.9 Å². The number of nitrogens with two attached hydrogens (primary N) is 2. The zero-order valence-electron chi connectivity index (χ0n) is 18.1. The molecule has 4 aromatic rings. The Hall–Kier alpha value is -4.22. The van der Waals surface area contributed by atoms with Crippen LogP contribution in [0.25, 0.3) is 22.0 Å². The van der Waals surface area contributed by atoms with Gasteiger partial charge in [-0.2, -0.15) is 18.3 Å². The number of amides is 2. The van der Waals surface area contributed by atoms with Gasteiger partial charge in [-0.05, 0) is 19.4 Å². The molecule has 176 valence electrons. The number of hydrogen-bond acceptors (Lipinski definition) is 6. The molecule has 4 N–H and O–H groups in total. The number of halogens is 3. The lowest BCUT2D eigenvalue weighted by atomic mass is 9.92. The SMILES string of the molecule is CCc1cc(Cn2nc(C(F)(F)F)c(-c3c(C(N)=O)nc4ccccc4c3C(N)=O)c2C)on1. The van der Waals surface area contributed by atoms with Crippen LogP contribution in [0.2, 0.25) is 0 Å². The number of carbonyl (C=O) groups excluding carboxylic acids is 2. The van der Waals surface area contributed by atoms with Gasteiger partial charge in [0.25, 0.3) is 5.91 Å². The topological polar surface area (TPSA) is 143 Å². The summed E-state index contributed by atoms with van der Waals surface area (Å²) in [5, 5.41) is 7.75. The van der Waals surface area contributed by atoms with Gasteiger partial charge in [-0.1, -0.05) is 30.3 Å². The van der Waals surface area contributed by atoms with Gasteiger partial charge < -0.3 is 16.0 Å². The second kappa shape index (κ2) is 8.28. The molecule has 0 aliphatic rings. The summed E-state index contributed by atoms with van der Waals surface area (Å²) in [6, 6.07) is 7.74. The van der Waals surface area contributed by atoms with Crippen molar-refractivity contribution in [2.45, 2.75) is 33.0 Å². The Morgan fingerprint density at radius 3 is 2.41 bits per heavy atom. The van der Waals surface area contributed by atoms with Crippen LogP contribution in [0, 0.1) is 6.92 Å². The van der Waals surface area contributed by atoms with Crippen LogP contribution >= 0.6 is 0 Å². The predicted molar refractivity (Wildman–Crippen MR) is 115 cm³/mol. The summed E-state index contributed by atoms with van der Waals surface area (Å²) in [6.07, 6.45) is -4.36. The lowest BCUT2D eigenvalue weighted by Gasteiger charge is -2.15. The van der Waals surface area contributed by atoms with Crippen molar-refractivity contribution in [3.05, 3.63) is 64.4 Å². The summed E-state index contributed by atoms with van der Waals surface area (Å²) in [4.78, 5) is 28.9. The molecule has 0 fully saturated rings. The molecule has 4 rings (SSSR count). The van der Waals surface area contributed by atoms with Crippen LogP contribution in [-0.2, 0) is 19.1 Å². The highest BCUT2D eigenvalue weighted by molar-refractivity contribution is 6.15. The minimum Gasteiger partial charge on any atom is -0.366 e. The highest BCUT2D eigenvalue weighted by atomic mass is 19.4. The van der Waals surface area contributed by atoms with Crippen molar-refractivity contribution in [1.29, 1.82) is 0 Å². The molecule has 3 heterocycles. The van der Waals surface area contributed by atoms with E-state index in [1.54, 1.807) is 18.2 Å². The van der Waals surface area contributed by atoms with E-state index in [1.807, 2.05) is 6.92 Å². The van der Waals surface area contributed by atoms with Crippen molar-refractivity contribution in [2.75, 3.05) is 0 Å². The summed E-state index contributed by atoms with van der Waals surface area (Å²) in [7, 11) is 0. The van der Waals surface area contributed by atoms with Gasteiger partial charge in [0.1, 0.15) is 12.2 Å². The fourth-order valence-corrected chi connectivity index (χ4v) is 3.83. The zero-order chi connectivity index (χ0) is 24.8. The highest BCUT2D eigenvalue weighted by Crippen LogP contribution is 2.42. The Labute approximate surface area is 190 Å². The van der Waals surface area contributed by atoms with Gasteiger partial charge in [0.05, 0.1) is 16.8 Å². The molecule has 34 heavy (non-hydrogen) atoms. The van der Waals surface area contributed by atoms with Gasteiger partial charge in [-0.15, -0.1) is 0 Å². The summed E-state index contributed by atoms with van der Waals surface area (Å²) in [5.74, 6) is -1.88. The highest BCUT2D eigenvalue weighted by Gasteiger charge is 2.41. The van der Waals surface area contributed by atoms with Crippen molar-refractivity contribution in [3.63, 3.8) is 0 Å². The quantitative estimate of drug-likeness (QED) is 0.441. The monoisotopic (exact) mass is 472 g/mol. The van der Waals surface area contributed by atoms with Gasteiger partial charge in [-0.25, -0.2) is 4.98 Å². The zero-order valence-corrected chi connectivity index (χ0v) is 18.1. The minimum absolute atomic E-state index is 0.00357. The fraction of sp³-hybridized carbons (Fsp3) is 0.227. The first-order valence-electron chi connectivity index (χ1n) is 10.1. The van der Waals surface area contributed by atoms with E-state index in [4.69, 9.17) is 16.0 Å². The maximum atomic E-state index is 14.1. The molecule has 12 heteroatoms. The molecule has 0 radical (unpaired) electrons. The smallest absolute Gasteiger partial charge is 0.366 e. The van der Waals surface area contributed by atoms with Gasteiger partial charge >= 0.3 is 6.18 Å². The Morgan fingerprint density at radius 1 is 1.12 bits per heavy atom. The number of hydrogen-bond donors (Lipinski definition) is 2. The summed E-state index contributed by atoms with van der Waals surface area (Å²) in [6.45, 7) is 3.06. The molecule has 1 aromatic carbocycles. The van der Waals surface area contributed by atoms with Crippen molar-refractivity contribution in [1.82, 2.24) is 19.9 Å². The van der Waals surface area contributed by atoms with Crippen molar-refractivity contribution < 1.29 is 27.3 Å². The molecule has 0 unspecified atom stereocenters. The van der Waals surface area contributed by atoms with Crippen LogP contribution in [0.4, 0.5) is 13.2 Å². The van der Waals surface area contributed by atoms with E-state index in [0.29, 0.717) is 12.1 Å². The van der Waals surface area contributed by atoms with E-state index in [0.717, 1.165) is 4.68 Å². The fourth-order valence-electron chi connectivity index (χ4n) is 3.83. The molecule has 9 nitrogen and oxygen atoms in total. The van der Waals surface area contributed by atoms with Crippen LogP contribution in [0.5, 0.6) is 0 Å². The molecule has 0 aliphatic heterocycles. The third-order valence-electron chi connectivity index (χ3n) is 5.37. The summed E-state index contributed by atoms with van der Waals surface area (Å²) in [5.41, 5.74) is 8.82. The van der Waals surface area contributed by atoms with Crippen molar-refractivity contribution in [2.24, 2.45) is 11.5 Å². The van der Waals surface area contributed by atoms with Crippen LogP contribution < -0.4 is 11.5 Å². The average molecular weight is 472 g/mol. The first-order chi connectivity index (χ1) is 16.0. The van der Waals surface area contributed by atoms with E-state index in [1.165, 1.54) is 19.1 Å². The number of alkyl halides is 3. The standard InChI is InChI=1S/C22H19F3N6O3/c1-3-11-8-12(34-30-11)9-31-10(2)15(19(29-31)22(23,24)25)17-16(20(26)32)13-6-4-5-7-14(13)28-18(17)21(27)33/h4-8H,3,9H2,1-2H3,(H2,26,32)(H2,27,33). The Kier molecular flexibility index (Phi) is 5.59. The number of nitrogens with zero attached hydrogens (tertiary/aromatic N) is 4. The van der Waals surface area contributed by atoms with Gasteiger partial charge in [-0.3, -0.25) is 14.3 Å². The lowest BCUT2D eigenvalue weighted by Crippen LogP contribution is -2.21. The molecule has 0 aliphatic carbocycles. The van der Waals surface area contributed by atoms with Crippen molar-refractivity contribution in [3.8, 4) is 11.1 Å². The molecule has 0 atom stereocenters. The molecule has 0 saturated heterocycles. The molecular formula is C22H19F3N6O3. The van der Waals surface area contributed by atoms with E-state index >= 15 is 0 Å². The van der Waals surface area contributed by atoms with Crippen LogP contribution in [0.1, 0.15) is 50.6 Å². The third kappa shape index (κ3) is 3.87.